The van der Waals surface area contributed by atoms with Crippen LogP contribution >= 0.6 is 0 Å². The minimum atomic E-state index is 0.115. The van der Waals surface area contributed by atoms with E-state index in [0.717, 1.165) is 11.4 Å². The number of aromatic amines is 1. The molecule has 1 aromatic rings. The average Bonchev–Trinajstić information content (AvgIpc) is 2.32. The molecule has 0 aromatic carbocycles. The van der Waals surface area contributed by atoms with E-state index in [-0.39, 0.29) is 5.41 Å². The molecule has 3 N–H and O–H groups in total. The quantitative estimate of drug-likeness (QED) is 0.636. The van der Waals surface area contributed by atoms with Crippen LogP contribution in [0.1, 0.15) is 32.2 Å². The molecule has 0 aliphatic heterocycles. The number of aromatic nitrogens is 2. The highest BCUT2D eigenvalue weighted by Crippen LogP contribution is 2.19. The smallest absolute Gasteiger partial charge is 0.0678 e. The van der Waals surface area contributed by atoms with E-state index < -0.39 is 0 Å². The second-order valence-electron chi connectivity index (χ2n) is 3.73. The minimum absolute atomic E-state index is 0.115. The van der Waals surface area contributed by atoms with Gasteiger partial charge in [0.1, 0.15) is 0 Å². The van der Waals surface area contributed by atoms with Gasteiger partial charge in [-0.25, -0.2) is 0 Å². The van der Waals surface area contributed by atoms with Gasteiger partial charge in [-0.1, -0.05) is 20.8 Å². The van der Waals surface area contributed by atoms with Gasteiger partial charge in [-0.2, -0.15) is 5.10 Å². The van der Waals surface area contributed by atoms with E-state index in [2.05, 4.69) is 31.0 Å². The Bertz CT molecular complexity index is 232. The fraction of sp³-hybridized carbons (Fsp3) is 0.625. The molecule has 1 rings (SSSR count). The highest BCUT2D eigenvalue weighted by Gasteiger charge is 2.16. The maximum absolute atomic E-state index is 5.44. The van der Waals surface area contributed by atoms with Gasteiger partial charge < -0.3 is 5.73 Å². The summed E-state index contributed by atoms with van der Waals surface area (Å²) in [5.41, 5.74) is 7.61. The molecule has 0 fully saturated rings. The first-order valence-corrected chi connectivity index (χ1v) is 3.79. The molecule has 0 saturated carbocycles. The van der Waals surface area contributed by atoms with Crippen LogP contribution in [0, 0.1) is 0 Å². The molecule has 0 radical (unpaired) electrons. The second kappa shape index (κ2) is 2.66. The summed E-state index contributed by atoms with van der Waals surface area (Å²) in [6.45, 7) is 6.92. The predicted octanol–water partition coefficient (Wildman–Crippen LogP) is 1.17. The first-order chi connectivity index (χ1) is 5.04. The first kappa shape index (κ1) is 8.27. The van der Waals surface area contributed by atoms with Gasteiger partial charge in [-0.3, -0.25) is 5.10 Å². The van der Waals surface area contributed by atoms with Gasteiger partial charge in [0.2, 0.25) is 0 Å². The monoisotopic (exact) mass is 153 g/mol. The van der Waals surface area contributed by atoms with E-state index in [9.17, 15) is 0 Å². The van der Waals surface area contributed by atoms with Crippen molar-refractivity contribution in [3.05, 3.63) is 17.5 Å². The van der Waals surface area contributed by atoms with Crippen molar-refractivity contribution in [3.63, 3.8) is 0 Å². The van der Waals surface area contributed by atoms with Crippen LogP contribution in [-0.2, 0) is 12.0 Å². The van der Waals surface area contributed by atoms with Crippen LogP contribution in [0.15, 0.2) is 6.07 Å². The number of rotatable bonds is 1. The molecule has 0 amide bonds. The van der Waals surface area contributed by atoms with Crippen molar-refractivity contribution in [2.45, 2.75) is 32.7 Å². The van der Waals surface area contributed by atoms with Crippen LogP contribution in [0.3, 0.4) is 0 Å². The van der Waals surface area contributed by atoms with Gasteiger partial charge in [0.05, 0.1) is 5.69 Å². The molecule has 1 heterocycles. The lowest BCUT2D eigenvalue weighted by Gasteiger charge is -2.13. The van der Waals surface area contributed by atoms with Crippen molar-refractivity contribution in [1.29, 1.82) is 0 Å². The third kappa shape index (κ3) is 1.80. The lowest BCUT2D eigenvalue weighted by molar-refractivity contribution is 0.567. The summed E-state index contributed by atoms with van der Waals surface area (Å²) in [6, 6.07) is 2.01. The van der Waals surface area contributed by atoms with Gasteiger partial charge in [-0.15, -0.1) is 0 Å². The van der Waals surface area contributed by atoms with E-state index in [1.165, 1.54) is 0 Å². The molecule has 0 saturated heterocycles. The Morgan fingerprint density at radius 1 is 1.55 bits per heavy atom. The Hall–Kier alpha value is -0.830. The lowest BCUT2D eigenvalue weighted by atomic mass is 9.92. The predicted molar refractivity (Wildman–Crippen MR) is 45.2 cm³/mol. The van der Waals surface area contributed by atoms with Crippen LogP contribution in [0.5, 0.6) is 0 Å². The van der Waals surface area contributed by atoms with Crippen LogP contribution in [0.25, 0.3) is 0 Å². The van der Waals surface area contributed by atoms with Gasteiger partial charge in [0, 0.05) is 17.7 Å². The van der Waals surface area contributed by atoms with E-state index >= 15 is 0 Å². The molecular formula is C8H15N3. The standard InChI is InChI=1S/C8H15N3/c1-8(2,3)7-4-6(5-9)10-11-7/h4H,5,9H2,1-3H3,(H,10,11). The molecule has 0 atom stereocenters. The summed E-state index contributed by atoms with van der Waals surface area (Å²) in [7, 11) is 0. The summed E-state index contributed by atoms with van der Waals surface area (Å²) < 4.78 is 0. The minimum Gasteiger partial charge on any atom is -0.325 e. The summed E-state index contributed by atoms with van der Waals surface area (Å²) in [5.74, 6) is 0. The van der Waals surface area contributed by atoms with Gasteiger partial charge >= 0.3 is 0 Å². The van der Waals surface area contributed by atoms with Gasteiger partial charge in [0.25, 0.3) is 0 Å². The van der Waals surface area contributed by atoms with Crippen LogP contribution in [0.4, 0.5) is 0 Å². The number of nitrogens with zero attached hydrogens (tertiary/aromatic N) is 1. The largest absolute Gasteiger partial charge is 0.325 e. The molecule has 0 spiro atoms. The van der Waals surface area contributed by atoms with Crippen LogP contribution in [0.2, 0.25) is 0 Å². The third-order valence-electron chi connectivity index (χ3n) is 1.62. The Kier molecular flexibility index (Phi) is 2.00. The van der Waals surface area contributed by atoms with E-state index in [1.54, 1.807) is 0 Å². The summed E-state index contributed by atoms with van der Waals surface area (Å²) in [4.78, 5) is 0. The van der Waals surface area contributed by atoms with E-state index in [1.807, 2.05) is 6.07 Å². The van der Waals surface area contributed by atoms with Crippen molar-refractivity contribution in [1.82, 2.24) is 10.2 Å². The number of nitrogens with two attached hydrogens (primary N) is 1. The molecule has 62 valence electrons. The second-order valence-corrected chi connectivity index (χ2v) is 3.73. The Balaban J connectivity index is 2.89. The van der Waals surface area contributed by atoms with Crippen LogP contribution in [-0.4, -0.2) is 10.2 Å². The molecular weight excluding hydrogens is 138 g/mol. The van der Waals surface area contributed by atoms with E-state index in [4.69, 9.17) is 5.73 Å². The lowest BCUT2D eigenvalue weighted by Crippen LogP contribution is -2.11. The average molecular weight is 153 g/mol. The zero-order valence-corrected chi connectivity index (χ0v) is 7.31. The molecule has 3 heteroatoms. The fourth-order valence-corrected chi connectivity index (χ4v) is 0.850. The molecule has 0 aliphatic rings. The topological polar surface area (TPSA) is 54.7 Å². The summed E-state index contributed by atoms with van der Waals surface area (Å²) in [5, 5.41) is 7.04. The Morgan fingerprint density at radius 3 is 2.45 bits per heavy atom. The normalized spacial score (nSPS) is 12.0. The molecule has 0 aliphatic carbocycles. The SMILES string of the molecule is CC(C)(C)c1cc(CN)[nH]n1. The number of hydrogen-bond donors (Lipinski definition) is 2. The zero-order chi connectivity index (χ0) is 8.48. The van der Waals surface area contributed by atoms with Crippen LogP contribution < -0.4 is 5.73 Å². The fourth-order valence-electron chi connectivity index (χ4n) is 0.850. The molecule has 3 nitrogen and oxygen atoms in total. The maximum Gasteiger partial charge on any atom is 0.0678 e. The summed E-state index contributed by atoms with van der Waals surface area (Å²) in [6.07, 6.45) is 0. The number of hydrogen-bond acceptors (Lipinski definition) is 2. The highest BCUT2D eigenvalue weighted by molar-refractivity contribution is 5.15. The molecule has 1 aromatic heterocycles. The molecule has 11 heavy (non-hydrogen) atoms. The van der Waals surface area contributed by atoms with Crippen molar-refractivity contribution >= 4 is 0 Å². The summed E-state index contributed by atoms with van der Waals surface area (Å²) >= 11 is 0. The maximum atomic E-state index is 5.44. The van der Waals surface area contributed by atoms with Crippen molar-refractivity contribution in [2.24, 2.45) is 5.73 Å². The van der Waals surface area contributed by atoms with Crippen molar-refractivity contribution in [2.75, 3.05) is 0 Å². The highest BCUT2D eigenvalue weighted by atomic mass is 15.1. The number of nitrogens with one attached hydrogen (secondary N) is 1. The number of H-pyrrole nitrogens is 1. The van der Waals surface area contributed by atoms with Gasteiger partial charge in [-0.05, 0) is 6.07 Å². The third-order valence-corrected chi connectivity index (χ3v) is 1.62. The molecule has 0 bridgehead atoms. The Labute approximate surface area is 67.0 Å². The van der Waals surface area contributed by atoms with E-state index in [0.29, 0.717) is 6.54 Å². The first-order valence-electron chi connectivity index (χ1n) is 3.79. The zero-order valence-electron chi connectivity index (χ0n) is 7.31. The van der Waals surface area contributed by atoms with Crippen molar-refractivity contribution < 1.29 is 0 Å². The van der Waals surface area contributed by atoms with Gasteiger partial charge in [0.15, 0.2) is 0 Å². The van der Waals surface area contributed by atoms with Crippen molar-refractivity contribution in [3.8, 4) is 0 Å². The molecule has 0 unspecified atom stereocenters. The Morgan fingerprint density at radius 2 is 2.18 bits per heavy atom.